The summed E-state index contributed by atoms with van der Waals surface area (Å²) in [5.41, 5.74) is 1.22. The molecule has 0 saturated carbocycles. The van der Waals surface area contributed by atoms with Gasteiger partial charge in [-0.25, -0.2) is 12.8 Å². The van der Waals surface area contributed by atoms with E-state index in [4.69, 9.17) is 25.8 Å². The first-order chi connectivity index (χ1) is 17.6. The molecular formula is C26H28ClFN2O6S. The summed E-state index contributed by atoms with van der Waals surface area (Å²) >= 11 is 5.92. The summed E-state index contributed by atoms with van der Waals surface area (Å²) in [7, 11) is 1.96. The van der Waals surface area contributed by atoms with Gasteiger partial charge in [0.2, 0.25) is 21.7 Å². The highest BCUT2D eigenvalue weighted by atomic mass is 35.5. The van der Waals surface area contributed by atoms with Gasteiger partial charge in [-0.05, 0) is 59.7 Å². The maximum absolute atomic E-state index is 13.5. The predicted molar refractivity (Wildman–Crippen MR) is 138 cm³/mol. The van der Waals surface area contributed by atoms with Crippen molar-refractivity contribution in [2.24, 2.45) is 0 Å². The largest absolute Gasteiger partial charge is 0.493 e. The van der Waals surface area contributed by atoms with Gasteiger partial charge in [0.15, 0.2) is 11.5 Å². The molecule has 0 atom stereocenters. The lowest BCUT2D eigenvalue weighted by Crippen LogP contribution is -2.40. The second kappa shape index (κ2) is 12.3. The minimum absolute atomic E-state index is 0.0147. The SMILES string of the molecule is COc1cc(CN(C)C(=O)CN(Cc2ccc(F)cc2)S(=O)(=O)c2ccc(Cl)cc2)cc(OC)c1OC. The molecule has 0 N–H and O–H groups in total. The Morgan fingerprint density at radius 2 is 1.43 bits per heavy atom. The van der Waals surface area contributed by atoms with Crippen LogP contribution in [0.5, 0.6) is 17.2 Å². The van der Waals surface area contributed by atoms with E-state index >= 15 is 0 Å². The number of benzene rings is 3. The number of likely N-dealkylation sites (N-methyl/N-ethyl adjacent to an activating group) is 1. The topological polar surface area (TPSA) is 85.4 Å². The number of rotatable bonds is 11. The molecule has 8 nitrogen and oxygen atoms in total. The fourth-order valence-electron chi connectivity index (χ4n) is 3.64. The third-order valence-corrected chi connectivity index (χ3v) is 7.66. The average Bonchev–Trinajstić information content (AvgIpc) is 2.88. The molecule has 0 aliphatic carbocycles. The molecule has 0 unspecified atom stereocenters. The van der Waals surface area contributed by atoms with Crippen LogP contribution in [0, 0.1) is 5.82 Å². The number of methoxy groups -OCH3 is 3. The van der Waals surface area contributed by atoms with Gasteiger partial charge in [-0.3, -0.25) is 4.79 Å². The molecule has 0 fully saturated rings. The summed E-state index contributed by atoms with van der Waals surface area (Å²) in [5.74, 6) is 0.384. The van der Waals surface area contributed by atoms with Crippen LogP contribution in [-0.4, -0.2) is 58.5 Å². The molecule has 0 heterocycles. The van der Waals surface area contributed by atoms with Crippen molar-refractivity contribution >= 4 is 27.5 Å². The Bertz CT molecular complexity index is 1310. The van der Waals surface area contributed by atoms with Crippen LogP contribution < -0.4 is 14.2 Å². The van der Waals surface area contributed by atoms with Crippen LogP contribution in [0.4, 0.5) is 4.39 Å². The minimum Gasteiger partial charge on any atom is -0.493 e. The van der Waals surface area contributed by atoms with E-state index in [1.807, 2.05) is 0 Å². The average molecular weight is 551 g/mol. The number of halogens is 2. The third kappa shape index (κ3) is 6.91. The second-order valence-electron chi connectivity index (χ2n) is 8.14. The summed E-state index contributed by atoms with van der Waals surface area (Å²) in [6.45, 7) is -0.417. The molecule has 0 saturated heterocycles. The van der Waals surface area contributed by atoms with E-state index in [9.17, 15) is 17.6 Å². The molecule has 37 heavy (non-hydrogen) atoms. The maximum atomic E-state index is 13.5. The van der Waals surface area contributed by atoms with Gasteiger partial charge >= 0.3 is 0 Å². The standard InChI is InChI=1S/C26H28ClFN2O6S/c1-29(15-19-13-23(34-2)26(36-4)24(14-19)35-3)25(31)17-30(16-18-5-9-21(28)10-6-18)37(32,33)22-11-7-20(27)8-12-22/h5-14H,15-17H2,1-4H3. The summed E-state index contributed by atoms with van der Waals surface area (Å²) in [4.78, 5) is 14.6. The van der Waals surface area contributed by atoms with Crippen LogP contribution in [0.25, 0.3) is 0 Å². The normalized spacial score (nSPS) is 11.3. The molecule has 0 aromatic heterocycles. The molecule has 3 rings (SSSR count). The van der Waals surface area contributed by atoms with Crippen LogP contribution in [0.2, 0.25) is 5.02 Å². The van der Waals surface area contributed by atoms with E-state index in [1.54, 1.807) is 19.2 Å². The van der Waals surface area contributed by atoms with Gasteiger partial charge in [-0.1, -0.05) is 23.7 Å². The number of hydrogen-bond acceptors (Lipinski definition) is 6. The second-order valence-corrected chi connectivity index (χ2v) is 10.5. The fourth-order valence-corrected chi connectivity index (χ4v) is 5.14. The highest BCUT2D eigenvalue weighted by Gasteiger charge is 2.28. The molecule has 3 aromatic carbocycles. The smallest absolute Gasteiger partial charge is 0.243 e. The number of ether oxygens (including phenoxy) is 3. The van der Waals surface area contributed by atoms with Gasteiger partial charge in [-0.2, -0.15) is 4.31 Å². The first-order valence-electron chi connectivity index (χ1n) is 11.1. The molecule has 198 valence electrons. The highest BCUT2D eigenvalue weighted by molar-refractivity contribution is 7.89. The van der Waals surface area contributed by atoms with Crippen LogP contribution in [0.1, 0.15) is 11.1 Å². The Morgan fingerprint density at radius 3 is 1.95 bits per heavy atom. The Hall–Kier alpha value is -3.34. The predicted octanol–water partition coefficient (Wildman–Crippen LogP) is 4.35. The van der Waals surface area contributed by atoms with Crippen molar-refractivity contribution in [3.8, 4) is 17.2 Å². The van der Waals surface area contributed by atoms with E-state index in [2.05, 4.69) is 0 Å². The summed E-state index contributed by atoms with van der Waals surface area (Å²) in [6.07, 6.45) is 0. The summed E-state index contributed by atoms with van der Waals surface area (Å²) in [5, 5.41) is 0.380. The number of hydrogen-bond donors (Lipinski definition) is 0. The minimum atomic E-state index is -4.08. The zero-order chi connectivity index (χ0) is 27.2. The Kier molecular flexibility index (Phi) is 9.36. The van der Waals surface area contributed by atoms with Crippen LogP contribution in [0.3, 0.4) is 0 Å². The van der Waals surface area contributed by atoms with Crippen LogP contribution in [0.15, 0.2) is 65.6 Å². The van der Waals surface area contributed by atoms with E-state index < -0.39 is 28.3 Å². The monoisotopic (exact) mass is 550 g/mol. The number of carbonyl (C=O) groups excluding carboxylic acids is 1. The lowest BCUT2D eigenvalue weighted by atomic mass is 10.1. The lowest BCUT2D eigenvalue weighted by molar-refractivity contribution is -0.130. The maximum Gasteiger partial charge on any atom is 0.243 e. The molecule has 0 aliphatic rings. The van der Waals surface area contributed by atoms with Crippen LogP contribution in [-0.2, 0) is 27.9 Å². The third-order valence-electron chi connectivity index (χ3n) is 5.61. The zero-order valence-corrected chi connectivity index (χ0v) is 22.5. The first kappa shape index (κ1) is 28.2. The Morgan fingerprint density at radius 1 is 0.865 bits per heavy atom. The van der Waals surface area contributed by atoms with Crippen molar-refractivity contribution in [1.29, 1.82) is 0 Å². The molecule has 3 aromatic rings. The van der Waals surface area contributed by atoms with Crippen molar-refractivity contribution in [1.82, 2.24) is 9.21 Å². The zero-order valence-electron chi connectivity index (χ0n) is 20.9. The van der Waals surface area contributed by atoms with Crippen molar-refractivity contribution in [3.05, 3.63) is 82.6 Å². The van der Waals surface area contributed by atoms with Crippen molar-refractivity contribution in [2.75, 3.05) is 34.9 Å². The first-order valence-corrected chi connectivity index (χ1v) is 12.9. The van der Waals surface area contributed by atoms with Gasteiger partial charge in [-0.15, -0.1) is 0 Å². The number of carbonyl (C=O) groups is 1. The fraction of sp³-hybridized carbons (Fsp3) is 0.269. The van der Waals surface area contributed by atoms with Crippen LogP contribution >= 0.6 is 11.6 Å². The highest BCUT2D eigenvalue weighted by Crippen LogP contribution is 2.38. The molecule has 11 heteroatoms. The molecule has 0 aliphatic heterocycles. The Labute approximate surface area is 221 Å². The number of nitrogens with zero attached hydrogens (tertiary/aromatic N) is 2. The molecule has 0 bridgehead atoms. The van der Waals surface area contributed by atoms with Gasteiger partial charge < -0.3 is 19.1 Å². The molecule has 1 amide bonds. The van der Waals surface area contributed by atoms with Crippen molar-refractivity contribution < 1.29 is 31.8 Å². The van der Waals surface area contributed by atoms with E-state index in [-0.39, 0.29) is 18.0 Å². The van der Waals surface area contributed by atoms with E-state index in [0.717, 1.165) is 4.31 Å². The summed E-state index contributed by atoms with van der Waals surface area (Å²) < 4.78 is 57.5. The molecular weight excluding hydrogens is 523 g/mol. The Balaban J connectivity index is 1.87. The quantitative estimate of drug-likeness (QED) is 0.353. The molecule has 0 radical (unpaired) electrons. The van der Waals surface area contributed by atoms with Crippen molar-refractivity contribution in [2.45, 2.75) is 18.0 Å². The van der Waals surface area contributed by atoms with Gasteiger partial charge in [0.25, 0.3) is 0 Å². The van der Waals surface area contributed by atoms with Gasteiger partial charge in [0.1, 0.15) is 5.82 Å². The van der Waals surface area contributed by atoms with Crippen molar-refractivity contribution in [3.63, 3.8) is 0 Å². The van der Waals surface area contributed by atoms with Gasteiger partial charge in [0.05, 0.1) is 32.8 Å². The lowest BCUT2D eigenvalue weighted by Gasteiger charge is -2.25. The number of amides is 1. The summed E-state index contributed by atoms with van der Waals surface area (Å²) in [6, 6.07) is 14.5. The van der Waals surface area contributed by atoms with E-state index in [0.29, 0.717) is 33.4 Å². The van der Waals surface area contributed by atoms with Gasteiger partial charge in [0, 0.05) is 25.2 Å². The molecule has 0 spiro atoms. The van der Waals surface area contributed by atoms with E-state index in [1.165, 1.54) is 74.8 Å². The number of sulfonamides is 1.